The summed E-state index contributed by atoms with van der Waals surface area (Å²) < 4.78 is 31.8. The normalized spacial score (nSPS) is 11.9. The van der Waals surface area contributed by atoms with Crippen molar-refractivity contribution in [2.24, 2.45) is 10.8 Å². The molecule has 0 aliphatic carbocycles. The van der Waals surface area contributed by atoms with Crippen molar-refractivity contribution in [1.29, 1.82) is 10.7 Å². The molecule has 22 heavy (non-hydrogen) atoms. The number of nitriles is 1. The number of amidine groups is 1. The van der Waals surface area contributed by atoms with E-state index in [1.54, 1.807) is 18.2 Å². The molecule has 0 heterocycles. The van der Waals surface area contributed by atoms with Gasteiger partial charge < -0.3 is 5.73 Å². The second kappa shape index (κ2) is 5.80. The Morgan fingerprint density at radius 3 is 2.68 bits per heavy atom. The zero-order valence-electron chi connectivity index (χ0n) is 11.1. The first kappa shape index (κ1) is 15.4. The highest BCUT2D eigenvalue weighted by atomic mass is 32.2. The topological polar surface area (TPSA) is 152 Å². The third-order valence-electron chi connectivity index (χ3n) is 2.78. The van der Waals surface area contributed by atoms with E-state index in [4.69, 9.17) is 16.4 Å². The molecular weight excluding hydrogens is 306 g/mol. The summed E-state index contributed by atoms with van der Waals surface area (Å²) in [7, 11) is -4.32. The van der Waals surface area contributed by atoms with Crippen molar-refractivity contribution < 1.29 is 13.0 Å². The van der Waals surface area contributed by atoms with E-state index < -0.39 is 16.0 Å². The SMILES string of the molecule is N#C/C(=N\Nc1ccc2c(S(=O)(=O)O)cccc2c1)C(=N)N. The van der Waals surface area contributed by atoms with Crippen LogP contribution in [-0.2, 0) is 10.1 Å². The molecule has 0 saturated heterocycles. The lowest BCUT2D eigenvalue weighted by Crippen LogP contribution is -2.21. The van der Waals surface area contributed by atoms with Gasteiger partial charge in [0.25, 0.3) is 10.1 Å². The monoisotopic (exact) mass is 317 g/mol. The second-order valence-corrected chi connectivity index (χ2v) is 5.65. The van der Waals surface area contributed by atoms with E-state index in [1.807, 2.05) is 0 Å². The van der Waals surface area contributed by atoms with E-state index in [1.165, 1.54) is 24.3 Å². The van der Waals surface area contributed by atoms with Crippen LogP contribution in [0.3, 0.4) is 0 Å². The van der Waals surface area contributed by atoms with Crippen LogP contribution in [0, 0.1) is 16.7 Å². The van der Waals surface area contributed by atoms with Crippen LogP contribution in [0.15, 0.2) is 46.4 Å². The maximum absolute atomic E-state index is 11.3. The lowest BCUT2D eigenvalue weighted by molar-refractivity contribution is 0.484. The molecule has 2 aromatic carbocycles. The quantitative estimate of drug-likeness (QED) is 0.289. The fourth-order valence-corrected chi connectivity index (χ4v) is 2.53. The molecule has 0 fully saturated rings. The average Bonchev–Trinajstić information content (AvgIpc) is 2.45. The predicted molar refractivity (Wildman–Crippen MR) is 82.3 cm³/mol. The first-order valence-electron chi connectivity index (χ1n) is 5.91. The van der Waals surface area contributed by atoms with Gasteiger partial charge in [0, 0.05) is 5.39 Å². The Morgan fingerprint density at radius 2 is 2.09 bits per heavy atom. The number of hydrogen-bond acceptors (Lipinski definition) is 6. The molecule has 8 nitrogen and oxygen atoms in total. The fraction of sp³-hybridized carbons (Fsp3) is 0. The van der Waals surface area contributed by atoms with E-state index in [0.717, 1.165) is 0 Å². The third-order valence-corrected chi connectivity index (χ3v) is 3.69. The molecular formula is C13H11N5O3S. The van der Waals surface area contributed by atoms with Crippen LogP contribution in [0.2, 0.25) is 0 Å². The minimum atomic E-state index is -4.32. The highest BCUT2D eigenvalue weighted by molar-refractivity contribution is 7.86. The van der Waals surface area contributed by atoms with Gasteiger partial charge in [-0.05, 0) is 23.6 Å². The Bertz CT molecular complexity index is 928. The van der Waals surface area contributed by atoms with Crippen molar-refractivity contribution in [2.45, 2.75) is 4.90 Å². The van der Waals surface area contributed by atoms with Gasteiger partial charge in [-0.3, -0.25) is 15.4 Å². The van der Waals surface area contributed by atoms with Crippen molar-refractivity contribution in [3.63, 3.8) is 0 Å². The van der Waals surface area contributed by atoms with Gasteiger partial charge in [-0.1, -0.05) is 18.2 Å². The highest BCUT2D eigenvalue weighted by Gasteiger charge is 2.13. The zero-order valence-corrected chi connectivity index (χ0v) is 11.9. The summed E-state index contributed by atoms with van der Waals surface area (Å²) in [4.78, 5) is -0.193. The first-order valence-corrected chi connectivity index (χ1v) is 7.35. The zero-order chi connectivity index (χ0) is 16.3. The van der Waals surface area contributed by atoms with Crippen molar-refractivity contribution in [3.8, 4) is 6.07 Å². The molecule has 5 N–H and O–H groups in total. The maximum atomic E-state index is 11.3. The van der Waals surface area contributed by atoms with Crippen molar-refractivity contribution >= 4 is 38.1 Å². The van der Waals surface area contributed by atoms with Crippen LogP contribution < -0.4 is 11.2 Å². The van der Waals surface area contributed by atoms with Crippen molar-refractivity contribution in [3.05, 3.63) is 36.4 Å². The molecule has 0 aromatic heterocycles. The highest BCUT2D eigenvalue weighted by Crippen LogP contribution is 2.25. The molecule has 0 aliphatic rings. The number of rotatable bonds is 4. The van der Waals surface area contributed by atoms with E-state index >= 15 is 0 Å². The van der Waals surface area contributed by atoms with Gasteiger partial charge in [-0.15, -0.1) is 0 Å². The van der Waals surface area contributed by atoms with E-state index in [-0.39, 0.29) is 10.6 Å². The minimum Gasteiger partial charge on any atom is -0.382 e. The molecule has 0 radical (unpaired) electrons. The lowest BCUT2D eigenvalue weighted by Gasteiger charge is -2.06. The Hall–Kier alpha value is -2.96. The van der Waals surface area contributed by atoms with Gasteiger partial charge in [0.15, 0.2) is 5.84 Å². The molecule has 0 bridgehead atoms. The molecule has 0 unspecified atom stereocenters. The molecule has 112 valence electrons. The van der Waals surface area contributed by atoms with Crippen molar-refractivity contribution in [2.75, 3.05) is 5.43 Å². The van der Waals surface area contributed by atoms with Crippen LogP contribution in [-0.4, -0.2) is 24.5 Å². The third kappa shape index (κ3) is 3.20. The number of nitrogens with two attached hydrogens (primary N) is 1. The van der Waals surface area contributed by atoms with E-state index in [0.29, 0.717) is 16.5 Å². The maximum Gasteiger partial charge on any atom is 0.295 e. The molecule has 0 saturated carbocycles. The molecule has 9 heteroatoms. The summed E-state index contributed by atoms with van der Waals surface area (Å²) >= 11 is 0. The Labute approximate surface area is 126 Å². The Morgan fingerprint density at radius 1 is 1.36 bits per heavy atom. The number of anilines is 1. The van der Waals surface area contributed by atoms with Gasteiger partial charge >= 0.3 is 0 Å². The fourth-order valence-electron chi connectivity index (χ4n) is 1.81. The van der Waals surface area contributed by atoms with Crippen LogP contribution in [0.1, 0.15) is 0 Å². The predicted octanol–water partition coefficient (Wildman–Crippen LogP) is 1.31. The molecule has 2 aromatic rings. The van der Waals surface area contributed by atoms with Crippen LogP contribution >= 0.6 is 0 Å². The van der Waals surface area contributed by atoms with Crippen LogP contribution in [0.5, 0.6) is 0 Å². The number of nitrogens with one attached hydrogen (secondary N) is 2. The van der Waals surface area contributed by atoms with Crippen molar-refractivity contribution in [1.82, 2.24) is 0 Å². The summed E-state index contributed by atoms with van der Waals surface area (Å²) in [5, 5.41) is 20.5. The van der Waals surface area contributed by atoms with Gasteiger partial charge in [0.1, 0.15) is 11.0 Å². The van der Waals surface area contributed by atoms with Gasteiger partial charge in [0.05, 0.1) is 5.69 Å². The van der Waals surface area contributed by atoms with E-state index in [9.17, 15) is 13.0 Å². The molecule has 0 aliphatic heterocycles. The summed E-state index contributed by atoms with van der Waals surface area (Å²) in [6.45, 7) is 0. The van der Waals surface area contributed by atoms with E-state index in [2.05, 4.69) is 10.5 Å². The first-order chi connectivity index (χ1) is 10.3. The molecule has 0 spiro atoms. The second-order valence-electron chi connectivity index (χ2n) is 4.26. The van der Waals surface area contributed by atoms with Gasteiger partial charge in [-0.2, -0.15) is 18.8 Å². The molecule has 2 rings (SSSR count). The minimum absolute atomic E-state index is 0.193. The lowest BCUT2D eigenvalue weighted by atomic mass is 10.1. The van der Waals surface area contributed by atoms with Gasteiger partial charge in [0.2, 0.25) is 5.71 Å². The summed E-state index contributed by atoms with van der Waals surface area (Å²) in [6.07, 6.45) is 0. The summed E-state index contributed by atoms with van der Waals surface area (Å²) in [5.41, 5.74) is 7.92. The largest absolute Gasteiger partial charge is 0.382 e. The summed E-state index contributed by atoms with van der Waals surface area (Å²) in [5.74, 6) is -0.468. The number of benzene rings is 2. The number of hydrogen-bond donors (Lipinski definition) is 4. The molecule has 0 amide bonds. The number of hydrazone groups is 1. The smallest absolute Gasteiger partial charge is 0.295 e. The summed E-state index contributed by atoms with van der Waals surface area (Å²) in [6, 6.07) is 10.7. The van der Waals surface area contributed by atoms with Crippen LogP contribution in [0.25, 0.3) is 10.8 Å². The van der Waals surface area contributed by atoms with Gasteiger partial charge in [-0.25, -0.2) is 0 Å². The number of nitrogens with zero attached hydrogens (tertiary/aromatic N) is 2. The molecule has 0 atom stereocenters. The average molecular weight is 317 g/mol. The number of fused-ring (bicyclic) bond motifs is 1. The standard InChI is InChI=1S/C13H11N5O3S/c14-7-11(13(15)16)18-17-9-4-5-10-8(6-9)2-1-3-12(10)22(19,20)21/h1-6,17H,(H3,15,16)(H,19,20,21)/b18-11+. The Balaban J connectivity index is 2.45. The van der Waals surface area contributed by atoms with Crippen LogP contribution in [0.4, 0.5) is 5.69 Å². The Kier molecular flexibility index (Phi) is 4.07.